The second-order valence-electron chi connectivity index (χ2n) is 4.29. The average molecular weight is 282 g/mol. The number of methoxy groups -OCH3 is 1. The van der Waals surface area contributed by atoms with E-state index in [0.29, 0.717) is 30.9 Å². The lowest BCUT2D eigenvalue weighted by atomic mass is 10.2. The summed E-state index contributed by atoms with van der Waals surface area (Å²) in [6.07, 6.45) is -3.70. The fourth-order valence-corrected chi connectivity index (χ4v) is 1.99. The van der Waals surface area contributed by atoms with Crippen LogP contribution in [-0.2, 0) is 14.3 Å². The third-order valence-corrected chi connectivity index (χ3v) is 2.88. The molecule has 1 fully saturated rings. The molecule has 1 heterocycles. The van der Waals surface area contributed by atoms with Gasteiger partial charge in [0.1, 0.15) is 6.04 Å². The third-order valence-electron chi connectivity index (χ3n) is 2.88. The van der Waals surface area contributed by atoms with E-state index in [-0.39, 0.29) is 13.0 Å². The number of nitrogens with zero attached hydrogens (tertiary/aromatic N) is 1. The maximum Gasteiger partial charge on any atom is 0.471 e. The van der Waals surface area contributed by atoms with E-state index < -0.39 is 24.0 Å². The molecule has 110 valence electrons. The molecule has 0 bridgehead atoms. The van der Waals surface area contributed by atoms with Crippen molar-refractivity contribution in [3.8, 4) is 0 Å². The molecule has 0 spiro atoms. The van der Waals surface area contributed by atoms with Gasteiger partial charge in [-0.05, 0) is 19.3 Å². The Morgan fingerprint density at radius 3 is 2.68 bits per heavy atom. The Labute approximate surface area is 109 Å². The molecule has 8 heteroatoms. The molecule has 1 aliphatic heterocycles. The summed E-state index contributed by atoms with van der Waals surface area (Å²) in [4.78, 5) is 23.5. The lowest BCUT2D eigenvalue weighted by Gasteiger charge is -2.24. The number of carbonyl (C=O) groups is 2. The Hall–Kier alpha value is -1.31. The zero-order valence-corrected chi connectivity index (χ0v) is 10.6. The van der Waals surface area contributed by atoms with Crippen LogP contribution in [0.2, 0.25) is 0 Å². The van der Waals surface area contributed by atoms with Crippen molar-refractivity contribution < 1.29 is 27.5 Å². The van der Waals surface area contributed by atoms with Crippen molar-refractivity contribution in [2.75, 3.05) is 26.8 Å². The second-order valence-corrected chi connectivity index (χ2v) is 4.29. The summed E-state index contributed by atoms with van der Waals surface area (Å²) in [5.41, 5.74) is 0. The van der Waals surface area contributed by atoms with Crippen molar-refractivity contribution in [3.63, 3.8) is 0 Å². The van der Waals surface area contributed by atoms with Gasteiger partial charge >= 0.3 is 12.1 Å². The topological polar surface area (TPSA) is 58.6 Å². The molecule has 2 amide bonds. The summed E-state index contributed by atoms with van der Waals surface area (Å²) in [6.45, 7) is 0.738. The molecule has 0 aromatic rings. The zero-order chi connectivity index (χ0) is 14.5. The van der Waals surface area contributed by atoms with Crippen molar-refractivity contribution in [1.82, 2.24) is 10.2 Å². The van der Waals surface area contributed by atoms with Gasteiger partial charge in [-0.3, -0.25) is 9.59 Å². The van der Waals surface area contributed by atoms with Gasteiger partial charge in [0.15, 0.2) is 0 Å². The Balaban J connectivity index is 2.51. The van der Waals surface area contributed by atoms with Crippen LogP contribution in [0.4, 0.5) is 13.2 Å². The largest absolute Gasteiger partial charge is 0.471 e. The van der Waals surface area contributed by atoms with Gasteiger partial charge in [0.25, 0.3) is 0 Å². The fraction of sp³-hybridized carbons (Fsp3) is 0.818. The molecule has 19 heavy (non-hydrogen) atoms. The monoisotopic (exact) mass is 282 g/mol. The minimum atomic E-state index is -4.93. The molecule has 5 nitrogen and oxygen atoms in total. The summed E-state index contributed by atoms with van der Waals surface area (Å²) in [5.74, 6) is -2.48. The quantitative estimate of drug-likeness (QED) is 0.755. The highest BCUT2D eigenvalue weighted by molar-refractivity contribution is 5.90. The number of amides is 2. The van der Waals surface area contributed by atoms with Crippen LogP contribution < -0.4 is 5.32 Å². The van der Waals surface area contributed by atoms with Gasteiger partial charge < -0.3 is 15.0 Å². The van der Waals surface area contributed by atoms with Gasteiger partial charge in [-0.15, -0.1) is 0 Å². The molecule has 1 unspecified atom stereocenters. The molecule has 0 aromatic carbocycles. The first-order chi connectivity index (χ1) is 8.88. The number of likely N-dealkylation sites (tertiary alicyclic amines) is 1. The Bertz CT molecular complexity index is 334. The maximum atomic E-state index is 12.4. The van der Waals surface area contributed by atoms with E-state index in [1.807, 2.05) is 0 Å². The first-order valence-electron chi connectivity index (χ1n) is 6.02. The summed E-state index contributed by atoms with van der Waals surface area (Å²) >= 11 is 0. The van der Waals surface area contributed by atoms with E-state index in [4.69, 9.17) is 4.74 Å². The molecular formula is C11H17F3N2O3. The molecule has 1 aliphatic rings. The maximum absolute atomic E-state index is 12.4. The van der Waals surface area contributed by atoms with Crippen molar-refractivity contribution in [2.24, 2.45) is 0 Å². The Morgan fingerprint density at radius 1 is 1.42 bits per heavy atom. The minimum Gasteiger partial charge on any atom is -0.385 e. The van der Waals surface area contributed by atoms with Crippen molar-refractivity contribution in [2.45, 2.75) is 31.5 Å². The van der Waals surface area contributed by atoms with Crippen LogP contribution in [0.1, 0.15) is 19.3 Å². The van der Waals surface area contributed by atoms with Gasteiger partial charge in [-0.2, -0.15) is 13.2 Å². The van der Waals surface area contributed by atoms with Gasteiger partial charge in [0, 0.05) is 26.8 Å². The van der Waals surface area contributed by atoms with Crippen LogP contribution >= 0.6 is 0 Å². The number of nitrogens with one attached hydrogen (secondary N) is 1. The van der Waals surface area contributed by atoms with E-state index in [9.17, 15) is 22.8 Å². The van der Waals surface area contributed by atoms with E-state index in [2.05, 4.69) is 5.32 Å². The van der Waals surface area contributed by atoms with Crippen LogP contribution in [-0.4, -0.2) is 55.7 Å². The zero-order valence-electron chi connectivity index (χ0n) is 10.6. The van der Waals surface area contributed by atoms with Crippen LogP contribution in [0, 0.1) is 0 Å². The van der Waals surface area contributed by atoms with E-state index in [1.165, 1.54) is 7.11 Å². The summed E-state index contributed by atoms with van der Waals surface area (Å²) in [7, 11) is 1.52. The lowest BCUT2D eigenvalue weighted by Crippen LogP contribution is -2.50. The molecule has 1 saturated heterocycles. The average Bonchev–Trinajstić information content (AvgIpc) is 2.81. The molecule has 0 aliphatic carbocycles. The van der Waals surface area contributed by atoms with E-state index >= 15 is 0 Å². The number of ether oxygens (including phenoxy) is 1. The molecular weight excluding hydrogens is 265 g/mol. The first kappa shape index (κ1) is 15.7. The standard InChI is InChI=1S/C11H17F3N2O3/c1-19-7-3-5-15-9(17)8-4-2-6-16(8)10(18)11(12,13)14/h8H,2-7H2,1H3,(H,15,17). The predicted octanol–water partition coefficient (Wildman–Crippen LogP) is 0.692. The summed E-state index contributed by atoms with van der Waals surface area (Å²) in [6, 6.07) is -1.02. The van der Waals surface area contributed by atoms with Gasteiger partial charge in [-0.25, -0.2) is 0 Å². The highest BCUT2D eigenvalue weighted by Crippen LogP contribution is 2.25. The SMILES string of the molecule is COCCCNC(=O)C1CCCN1C(=O)C(F)(F)F. The van der Waals surface area contributed by atoms with E-state index in [0.717, 1.165) is 0 Å². The molecule has 0 aromatic heterocycles. The lowest BCUT2D eigenvalue weighted by molar-refractivity contribution is -0.186. The highest BCUT2D eigenvalue weighted by atomic mass is 19.4. The number of alkyl halides is 3. The summed E-state index contributed by atoms with van der Waals surface area (Å²) < 4.78 is 41.8. The number of halogens is 3. The second kappa shape index (κ2) is 6.74. The van der Waals surface area contributed by atoms with Crippen molar-refractivity contribution in [1.29, 1.82) is 0 Å². The molecule has 0 saturated carbocycles. The van der Waals surface area contributed by atoms with Crippen LogP contribution in [0.3, 0.4) is 0 Å². The smallest absolute Gasteiger partial charge is 0.385 e. The Morgan fingerprint density at radius 2 is 2.11 bits per heavy atom. The van der Waals surface area contributed by atoms with Gasteiger partial charge in [0.2, 0.25) is 5.91 Å². The predicted molar refractivity (Wildman–Crippen MR) is 60.3 cm³/mol. The summed E-state index contributed by atoms with van der Waals surface area (Å²) in [5, 5.41) is 2.52. The highest BCUT2D eigenvalue weighted by Gasteiger charge is 2.47. The normalized spacial score (nSPS) is 19.6. The van der Waals surface area contributed by atoms with Crippen molar-refractivity contribution in [3.05, 3.63) is 0 Å². The Kier molecular flexibility index (Phi) is 5.59. The fourth-order valence-electron chi connectivity index (χ4n) is 1.99. The van der Waals surface area contributed by atoms with Gasteiger partial charge in [0.05, 0.1) is 0 Å². The first-order valence-corrected chi connectivity index (χ1v) is 6.02. The van der Waals surface area contributed by atoms with Gasteiger partial charge in [-0.1, -0.05) is 0 Å². The van der Waals surface area contributed by atoms with Crippen LogP contribution in [0.15, 0.2) is 0 Å². The van der Waals surface area contributed by atoms with Crippen LogP contribution in [0.25, 0.3) is 0 Å². The van der Waals surface area contributed by atoms with Crippen LogP contribution in [0.5, 0.6) is 0 Å². The minimum absolute atomic E-state index is 0.0332. The third kappa shape index (κ3) is 4.38. The number of hydrogen-bond donors (Lipinski definition) is 1. The number of rotatable bonds is 5. The van der Waals surface area contributed by atoms with Crippen molar-refractivity contribution >= 4 is 11.8 Å². The number of hydrogen-bond acceptors (Lipinski definition) is 3. The molecule has 0 radical (unpaired) electrons. The number of carbonyl (C=O) groups excluding carboxylic acids is 2. The molecule has 1 atom stereocenters. The molecule has 1 rings (SSSR count). The van der Waals surface area contributed by atoms with E-state index in [1.54, 1.807) is 0 Å². The molecule has 1 N–H and O–H groups in total.